The van der Waals surface area contributed by atoms with E-state index in [1.807, 2.05) is 30.7 Å². The van der Waals surface area contributed by atoms with E-state index in [1.165, 1.54) is 43.0 Å². The number of esters is 1. The lowest BCUT2D eigenvalue weighted by molar-refractivity contribution is -0.384. The van der Waals surface area contributed by atoms with Gasteiger partial charge in [-0.15, -0.1) is 5.10 Å². The summed E-state index contributed by atoms with van der Waals surface area (Å²) in [5, 5.41) is 81.2. The monoisotopic (exact) mass is 1040 g/mol. The molecule has 22 nitrogen and oxygen atoms in total. The molecule has 5 rings (SSSR count). The number of ether oxygens (including phenoxy) is 6. The van der Waals surface area contributed by atoms with Crippen molar-refractivity contribution in [1.29, 1.82) is 0 Å². The highest BCUT2D eigenvalue weighted by molar-refractivity contribution is 5.94. The van der Waals surface area contributed by atoms with Crippen molar-refractivity contribution < 1.29 is 72.9 Å². The molecule has 18 atom stereocenters. The number of carbonyl (C=O) groups excluding carboxylic acids is 2. The Bertz CT molecular complexity index is 2100. The molecular weight excluding hydrogens is 958 g/mol. The van der Waals surface area contributed by atoms with E-state index in [1.54, 1.807) is 54.8 Å². The number of halogens is 1. The van der Waals surface area contributed by atoms with Crippen molar-refractivity contribution in [2.45, 2.75) is 197 Å². The number of aliphatic hydroxyl groups excluding tert-OH is 3. The Balaban J connectivity index is 1.37. The van der Waals surface area contributed by atoms with E-state index in [-0.39, 0.29) is 49.4 Å². The van der Waals surface area contributed by atoms with Crippen LogP contribution in [0, 0.1) is 22.0 Å². The molecule has 73 heavy (non-hydrogen) atoms. The average Bonchev–Trinajstić information content (AvgIpc) is 3.81. The van der Waals surface area contributed by atoms with E-state index < -0.39 is 126 Å². The van der Waals surface area contributed by atoms with Crippen LogP contribution >= 0.6 is 0 Å². The number of nitro groups is 1. The quantitative estimate of drug-likeness (QED) is 0.0801. The third-order valence-electron chi connectivity index (χ3n) is 15.4. The van der Waals surface area contributed by atoms with Crippen LogP contribution in [0.25, 0.3) is 0 Å². The number of cyclic esters (lactones) is 1. The maximum atomic E-state index is 14.3. The van der Waals surface area contributed by atoms with Crippen molar-refractivity contribution in [3.8, 4) is 0 Å². The summed E-state index contributed by atoms with van der Waals surface area (Å²) in [4.78, 5) is 41.3. The van der Waals surface area contributed by atoms with Crippen LogP contribution in [0.5, 0.6) is 0 Å². The molecule has 0 radical (unpaired) electrons. The molecule has 1 amide bonds. The predicted octanol–water partition coefficient (Wildman–Crippen LogP) is 2.71. The van der Waals surface area contributed by atoms with Gasteiger partial charge in [0.25, 0.3) is 11.6 Å². The molecule has 2 aromatic rings. The van der Waals surface area contributed by atoms with Gasteiger partial charge >= 0.3 is 5.97 Å². The Hall–Kier alpha value is -3.85. The second-order valence-electron chi connectivity index (χ2n) is 21.5. The minimum atomic E-state index is -1.86. The summed E-state index contributed by atoms with van der Waals surface area (Å²) >= 11 is 0. The summed E-state index contributed by atoms with van der Waals surface area (Å²) < 4.78 is 53.3. The van der Waals surface area contributed by atoms with Crippen LogP contribution in [0.2, 0.25) is 0 Å². The first-order valence-corrected chi connectivity index (χ1v) is 25.4. The van der Waals surface area contributed by atoms with Crippen LogP contribution in [0.3, 0.4) is 0 Å². The van der Waals surface area contributed by atoms with Gasteiger partial charge in [-0.2, -0.15) is 0 Å². The molecular formula is C50H82FN7O15. The van der Waals surface area contributed by atoms with Gasteiger partial charge in [-0.05, 0) is 99.9 Å². The summed E-state index contributed by atoms with van der Waals surface area (Å²) in [6.45, 7) is 15.1. The van der Waals surface area contributed by atoms with Crippen molar-refractivity contribution in [2.24, 2.45) is 11.8 Å². The smallest absolute Gasteiger partial charge is 0.311 e. The van der Waals surface area contributed by atoms with Crippen LogP contribution in [-0.2, 0) is 39.6 Å². The van der Waals surface area contributed by atoms with Crippen LogP contribution < -0.4 is 5.32 Å². The Labute approximate surface area is 427 Å². The van der Waals surface area contributed by atoms with E-state index in [4.69, 9.17) is 28.4 Å². The number of hydrogen-bond donors (Lipinski definition) is 6. The lowest BCUT2D eigenvalue weighted by atomic mass is 9.83. The van der Waals surface area contributed by atoms with E-state index in [2.05, 4.69) is 15.6 Å². The molecule has 23 heteroatoms. The second-order valence-corrected chi connectivity index (χ2v) is 21.5. The molecule has 3 saturated heterocycles. The number of nitro benzene ring substituents is 1. The zero-order valence-electron chi connectivity index (χ0n) is 44.5. The highest BCUT2D eigenvalue weighted by Gasteiger charge is 2.51. The first-order valence-electron chi connectivity index (χ1n) is 25.4. The van der Waals surface area contributed by atoms with Crippen molar-refractivity contribution in [2.75, 3.05) is 47.5 Å². The summed E-state index contributed by atoms with van der Waals surface area (Å²) in [5.41, 5.74) is -4.08. The number of likely N-dealkylation sites (N-methyl/N-ethyl adjacent to an activating group) is 2. The number of amides is 1. The molecule has 3 aliphatic heterocycles. The minimum absolute atomic E-state index is 0.0714. The van der Waals surface area contributed by atoms with E-state index >= 15 is 0 Å². The predicted molar refractivity (Wildman–Crippen MR) is 263 cm³/mol. The second kappa shape index (κ2) is 25.3. The van der Waals surface area contributed by atoms with Crippen LogP contribution in [-0.4, -0.2) is 205 Å². The number of methoxy groups -OCH3 is 1. The number of rotatable bonds is 16. The lowest BCUT2D eigenvalue weighted by Crippen LogP contribution is -2.59. The van der Waals surface area contributed by atoms with Crippen molar-refractivity contribution in [3.05, 3.63) is 51.8 Å². The van der Waals surface area contributed by atoms with E-state index in [0.717, 1.165) is 0 Å². The number of nitrogens with zero attached hydrogens (tertiary/aromatic N) is 6. The summed E-state index contributed by atoms with van der Waals surface area (Å²) in [7, 11) is 5.11. The fraction of sp³-hybridized carbons (Fsp3) is 0.800. The average molecular weight is 1040 g/mol. The summed E-state index contributed by atoms with van der Waals surface area (Å²) in [6, 6.07) is 3.03. The number of nitrogens with one attached hydrogen (secondary N) is 1. The van der Waals surface area contributed by atoms with Crippen molar-refractivity contribution in [1.82, 2.24) is 30.1 Å². The maximum absolute atomic E-state index is 14.3. The molecule has 4 heterocycles. The van der Waals surface area contributed by atoms with Crippen LogP contribution in [0.4, 0.5) is 10.1 Å². The van der Waals surface area contributed by atoms with Gasteiger partial charge in [0.15, 0.2) is 12.6 Å². The standard InChI is InChI=1S/C50H82FN7O15/c1-13-39-50(9,65)43(60)31(5)56(11)26-28(2)22-48(7,64)40(21-38(30(4)46(63)72-39)71-41-23-49(8,68-12)44(61)32(6)70-41)73-47-42(59)37(20-29(3)69-47)55(10)19-18-34-27-57(54-53-34)36(24-51)25-52-45(62)33-14-16-35(17-15-33)58(66)67/h14-17,27-32,36-44,47,59-61,64-65H,13,18-26H2,1-12H3,(H,52,62)/t28-,29-,30-,31-,32+,36?,37+,38+,39-,40-,41+,42-,43-,44+,47+,48-,49-,50-/m1/s1. The van der Waals surface area contributed by atoms with Crippen molar-refractivity contribution in [3.63, 3.8) is 0 Å². The lowest BCUT2D eigenvalue weighted by Gasteiger charge is -2.47. The molecule has 414 valence electrons. The summed E-state index contributed by atoms with van der Waals surface area (Å²) in [6.07, 6.45) is -7.86. The molecule has 0 spiro atoms. The Morgan fingerprint density at radius 2 is 1.71 bits per heavy atom. The Morgan fingerprint density at radius 1 is 1.04 bits per heavy atom. The third kappa shape index (κ3) is 14.8. The Kier molecular flexibility index (Phi) is 20.8. The zero-order chi connectivity index (χ0) is 54.3. The SMILES string of the molecule is CC[C@H]1OC(=O)[C@H](C)[C@@H](O[C@H]2C[C@@](C)(OC)[C@@H](O)[C@H](C)O2)C[C@@H](O[C@@H]2O[C@H](C)C[C@H](N(C)CCc3cn(C(CF)CNC(=O)c4ccc([N+](=O)[O-])cc4)nn3)[C@H]2O)[C@](C)(O)C[C@@H](C)CN(C)[C@H](C)[C@@H](O)[C@]1(C)O. The first kappa shape index (κ1) is 60.0. The molecule has 1 aromatic heterocycles. The number of carbonyl (C=O) groups is 2. The third-order valence-corrected chi connectivity index (χ3v) is 15.4. The number of aromatic nitrogens is 3. The van der Waals surface area contributed by atoms with Gasteiger partial charge in [-0.25, -0.2) is 9.07 Å². The van der Waals surface area contributed by atoms with Gasteiger partial charge in [0, 0.05) is 82.0 Å². The first-order chi connectivity index (χ1) is 34.2. The molecule has 0 aliphatic carbocycles. The van der Waals surface area contributed by atoms with Gasteiger partial charge in [0.2, 0.25) is 0 Å². The fourth-order valence-electron chi connectivity index (χ4n) is 10.4. The molecule has 3 fully saturated rings. The van der Waals surface area contributed by atoms with E-state index in [9.17, 15) is 49.6 Å². The molecule has 1 unspecified atom stereocenters. The topological polar surface area (TPSA) is 283 Å². The van der Waals surface area contributed by atoms with Gasteiger partial charge in [0.1, 0.15) is 36.7 Å². The highest BCUT2D eigenvalue weighted by Crippen LogP contribution is 2.38. The zero-order valence-corrected chi connectivity index (χ0v) is 44.5. The molecule has 0 saturated carbocycles. The minimum Gasteiger partial charge on any atom is -0.459 e. The number of benzene rings is 1. The molecule has 6 N–H and O–H groups in total. The van der Waals surface area contributed by atoms with Crippen molar-refractivity contribution >= 4 is 17.6 Å². The highest BCUT2D eigenvalue weighted by atomic mass is 19.1. The maximum Gasteiger partial charge on any atom is 0.311 e. The van der Waals surface area contributed by atoms with Gasteiger partial charge in [-0.3, -0.25) is 19.7 Å². The van der Waals surface area contributed by atoms with Gasteiger partial charge in [-0.1, -0.05) is 19.1 Å². The van der Waals surface area contributed by atoms with Crippen LogP contribution in [0.15, 0.2) is 30.5 Å². The van der Waals surface area contributed by atoms with Gasteiger partial charge in [0.05, 0.1) is 58.2 Å². The normalized spacial score (nSPS) is 38.0. The van der Waals surface area contributed by atoms with Crippen LogP contribution in [0.1, 0.15) is 117 Å². The fourth-order valence-corrected chi connectivity index (χ4v) is 10.4. The summed E-state index contributed by atoms with van der Waals surface area (Å²) in [5.74, 6) is -2.60. The molecule has 3 aliphatic rings. The molecule has 0 bridgehead atoms. The molecule has 1 aromatic carbocycles. The number of non-ortho nitro benzene ring substituents is 1. The number of alkyl halides is 1. The number of aliphatic hydroxyl groups is 5. The Morgan fingerprint density at radius 3 is 2.33 bits per heavy atom. The van der Waals surface area contributed by atoms with E-state index in [0.29, 0.717) is 31.6 Å². The van der Waals surface area contributed by atoms with Gasteiger partial charge < -0.3 is 69.1 Å². The largest absolute Gasteiger partial charge is 0.459 e. The number of hydrogen-bond acceptors (Lipinski definition) is 19.